The maximum Gasteiger partial charge on any atom is 0.407 e. The summed E-state index contributed by atoms with van der Waals surface area (Å²) in [6.45, 7) is 15.8. The third-order valence-electron chi connectivity index (χ3n) is 8.40. The van der Waals surface area contributed by atoms with Crippen LogP contribution >= 0.6 is 0 Å². The van der Waals surface area contributed by atoms with E-state index >= 15 is 0 Å². The van der Waals surface area contributed by atoms with E-state index in [0.717, 1.165) is 57.4 Å². The van der Waals surface area contributed by atoms with Crippen molar-refractivity contribution in [1.29, 1.82) is 0 Å². The zero-order chi connectivity index (χ0) is 38.3. The van der Waals surface area contributed by atoms with Crippen LogP contribution in [0.25, 0.3) is 22.3 Å². The van der Waals surface area contributed by atoms with Gasteiger partial charge in [0, 0.05) is 43.8 Å². The van der Waals surface area contributed by atoms with Crippen LogP contribution in [0.1, 0.15) is 85.2 Å². The lowest BCUT2D eigenvalue weighted by Gasteiger charge is -2.22. The molecule has 6 rings (SSSR count). The number of nitrogens with zero attached hydrogens (tertiary/aromatic N) is 1. The molecule has 2 aliphatic heterocycles. The molecule has 0 radical (unpaired) electrons. The van der Waals surface area contributed by atoms with Gasteiger partial charge in [-0.3, -0.25) is 9.69 Å². The normalized spacial score (nSPS) is 16.3. The second-order valence-corrected chi connectivity index (χ2v) is 15.4. The lowest BCUT2D eigenvalue weighted by molar-refractivity contribution is 0.0495. The van der Waals surface area contributed by atoms with Gasteiger partial charge >= 0.3 is 12.2 Å². The minimum atomic E-state index is -0.455. The van der Waals surface area contributed by atoms with Gasteiger partial charge in [-0.15, -0.1) is 0 Å². The Hall–Kier alpha value is -4.99. The number of hydrogen-bond acceptors (Lipinski definition) is 7. The fourth-order valence-corrected chi connectivity index (χ4v) is 5.90. The van der Waals surface area contributed by atoms with Gasteiger partial charge in [0.15, 0.2) is 0 Å². The number of rotatable bonds is 7. The Bertz CT molecular complexity index is 1690. The van der Waals surface area contributed by atoms with Crippen LogP contribution in [0.4, 0.5) is 9.59 Å². The van der Waals surface area contributed by atoms with Gasteiger partial charge in [-0.2, -0.15) is 0 Å². The fourth-order valence-electron chi connectivity index (χ4n) is 5.90. The van der Waals surface area contributed by atoms with E-state index in [1.165, 1.54) is 22.3 Å². The SMILES string of the molecule is C.C.CC(C)(C)OC(=O)N[C@@H]1CCN(Cc2ccc(-c3ccccc3)cc2)C1.CC(C)(C)OC(=O)N[C@@H]1CCNC1.O=Cc1ccc(-c2ccccc2)cc1. The van der Waals surface area contributed by atoms with Crippen molar-refractivity contribution in [2.75, 3.05) is 26.2 Å². The third-order valence-corrected chi connectivity index (χ3v) is 8.40. The van der Waals surface area contributed by atoms with Crippen molar-refractivity contribution in [2.24, 2.45) is 0 Å². The van der Waals surface area contributed by atoms with Gasteiger partial charge in [0.1, 0.15) is 17.5 Å². The molecule has 2 amide bonds. The summed E-state index contributed by atoms with van der Waals surface area (Å²) < 4.78 is 10.5. The first-order valence-corrected chi connectivity index (χ1v) is 18.4. The van der Waals surface area contributed by atoms with Gasteiger partial charge in [-0.25, -0.2) is 9.59 Å². The topological polar surface area (TPSA) is 109 Å². The summed E-state index contributed by atoms with van der Waals surface area (Å²) >= 11 is 0. The highest BCUT2D eigenvalue weighted by molar-refractivity contribution is 5.77. The minimum Gasteiger partial charge on any atom is -0.444 e. The van der Waals surface area contributed by atoms with Crippen molar-refractivity contribution in [1.82, 2.24) is 20.9 Å². The van der Waals surface area contributed by atoms with Crippen LogP contribution in [0.5, 0.6) is 0 Å². The van der Waals surface area contributed by atoms with E-state index in [4.69, 9.17) is 9.47 Å². The largest absolute Gasteiger partial charge is 0.444 e. The molecule has 298 valence electrons. The average Bonchev–Trinajstić information content (AvgIpc) is 3.80. The first-order valence-electron chi connectivity index (χ1n) is 18.4. The highest BCUT2D eigenvalue weighted by Gasteiger charge is 2.26. The highest BCUT2D eigenvalue weighted by atomic mass is 16.6. The molecule has 0 unspecified atom stereocenters. The van der Waals surface area contributed by atoms with Crippen molar-refractivity contribution in [3.63, 3.8) is 0 Å². The van der Waals surface area contributed by atoms with Crippen molar-refractivity contribution in [2.45, 2.75) is 99.1 Å². The zero-order valence-electron chi connectivity index (χ0n) is 32.1. The predicted octanol–water partition coefficient (Wildman–Crippen LogP) is 9.76. The number of amides is 2. The molecule has 9 heteroatoms. The van der Waals surface area contributed by atoms with Crippen LogP contribution in [0, 0.1) is 0 Å². The van der Waals surface area contributed by atoms with Gasteiger partial charge in [0.05, 0.1) is 0 Å². The van der Waals surface area contributed by atoms with Crippen molar-refractivity contribution < 1.29 is 23.9 Å². The molecule has 55 heavy (non-hydrogen) atoms. The number of hydrogen-bond donors (Lipinski definition) is 3. The number of carbonyl (C=O) groups is 3. The Morgan fingerprint density at radius 2 is 1.13 bits per heavy atom. The van der Waals surface area contributed by atoms with Crippen LogP contribution in [-0.4, -0.2) is 72.8 Å². The quantitative estimate of drug-likeness (QED) is 0.161. The number of ether oxygens (including phenoxy) is 2. The van der Waals surface area contributed by atoms with Crippen molar-refractivity contribution >= 4 is 18.5 Å². The van der Waals surface area contributed by atoms with Gasteiger partial charge in [0.25, 0.3) is 0 Å². The van der Waals surface area contributed by atoms with E-state index in [9.17, 15) is 14.4 Å². The van der Waals surface area contributed by atoms with Crippen LogP contribution in [-0.2, 0) is 16.0 Å². The Morgan fingerprint density at radius 1 is 0.673 bits per heavy atom. The van der Waals surface area contributed by atoms with E-state index in [1.807, 2.05) is 90.1 Å². The minimum absolute atomic E-state index is 0. The van der Waals surface area contributed by atoms with E-state index in [1.54, 1.807) is 0 Å². The number of likely N-dealkylation sites (tertiary alicyclic amines) is 1. The first-order chi connectivity index (χ1) is 25.3. The van der Waals surface area contributed by atoms with Crippen LogP contribution < -0.4 is 16.0 Å². The second-order valence-electron chi connectivity index (χ2n) is 15.4. The molecule has 2 saturated heterocycles. The van der Waals surface area contributed by atoms with E-state index in [2.05, 4.69) is 81.5 Å². The summed E-state index contributed by atoms with van der Waals surface area (Å²) in [4.78, 5) is 36.0. The summed E-state index contributed by atoms with van der Waals surface area (Å²) in [5.74, 6) is 0. The maximum absolute atomic E-state index is 11.9. The third kappa shape index (κ3) is 17.4. The molecule has 9 nitrogen and oxygen atoms in total. The van der Waals surface area contributed by atoms with E-state index in [-0.39, 0.29) is 39.1 Å². The number of alkyl carbamates (subject to hydrolysis) is 2. The molecule has 2 heterocycles. The van der Waals surface area contributed by atoms with Gasteiger partial charge < -0.3 is 25.4 Å². The molecule has 4 aromatic rings. The highest BCUT2D eigenvalue weighted by Crippen LogP contribution is 2.22. The van der Waals surface area contributed by atoms with Crippen LogP contribution in [0.2, 0.25) is 0 Å². The summed E-state index contributed by atoms with van der Waals surface area (Å²) in [7, 11) is 0. The number of carbonyl (C=O) groups excluding carboxylic acids is 3. The second kappa shape index (κ2) is 22.4. The summed E-state index contributed by atoms with van der Waals surface area (Å²) in [6.07, 6.45) is 2.16. The zero-order valence-corrected chi connectivity index (χ0v) is 32.1. The molecule has 4 aromatic carbocycles. The Balaban J connectivity index is 0.000000306. The molecule has 2 fully saturated rings. The van der Waals surface area contributed by atoms with Crippen LogP contribution in [0.15, 0.2) is 109 Å². The van der Waals surface area contributed by atoms with E-state index < -0.39 is 11.2 Å². The molecule has 0 spiro atoms. The number of nitrogens with one attached hydrogen (secondary N) is 3. The summed E-state index contributed by atoms with van der Waals surface area (Å²) in [6, 6.07) is 37.2. The molecular formula is C46H64N4O5. The standard InChI is InChI=1S/C22H28N2O2.C13H10O.C9H18N2O2.2CH4/c1-22(2,3)26-21(25)23-20-13-14-24(16-20)15-17-9-11-19(12-10-17)18-7-5-4-6-8-18;14-10-11-6-8-13(9-7-11)12-4-2-1-3-5-12;1-9(2,3)13-8(12)11-7-4-5-10-6-7;;/h4-12,20H,13-16H2,1-3H3,(H,23,25);1-10H;7,10H,4-6H2,1-3H3,(H,11,12);2*1H4/t20-;;7-;;/m1.1../s1. The lowest BCUT2D eigenvalue weighted by Crippen LogP contribution is -2.40. The number of aldehydes is 1. The van der Waals surface area contributed by atoms with Gasteiger partial charge in [0.2, 0.25) is 0 Å². The predicted molar refractivity (Wildman–Crippen MR) is 226 cm³/mol. The van der Waals surface area contributed by atoms with E-state index in [0.29, 0.717) is 5.56 Å². The molecule has 0 saturated carbocycles. The molecule has 0 aliphatic carbocycles. The molecule has 3 N–H and O–H groups in total. The molecule has 2 aliphatic rings. The first kappa shape index (κ1) is 46.2. The summed E-state index contributed by atoms with van der Waals surface area (Å²) in [5, 5.41) is 8.96. The maximum atomic E-state index is 11.9. The Morgan fingerprint density at radius 3 is 1.56 bits per heavy atom. The van der Waals surface area contributed by atoms with Crippen molar-refractivity contribution in [3.8, 4) is 22.3 Å². The average molecular weight is 753 g/mol. The number of benzene rings is 4. The van der Waals surface area contributed by atoms with Crippen LogP contribution in [0.3, 0.4) is 0 Å². The fraction of sp³-hybridized carbons (Fsp3) is 0.413. The molecule has 0 aromatic heterocycles. The van der Waals surface area contributed by atoms with Gasteiger partial charge in [-0.05, 0) is 88.7 Å². The van der Waals surface area contributed by atoms with Crippen molar-refractivity contribution in [3.05, 3.63) is 120 Å². The summed E-state index contributed by atoms with van der Waals surface area (Å²) in [5.41, 5.74) is 5.93. The lowest BCUT2D eigenvalue weighted by atomic mass is 10.0. The molecule has 0 bridgehead atoms. The Labute approximate surface area is 330 Å². The monoisotopic (exact) mass is 752 g/mol. The Kier molecular flexibility index (Phi) is 18.8. The van der Waals surface area contributed by atoms with Gasteiger partial charge in [-0.1, -0.05) is 124 Å². The smallest absolute Gasteiger partial charge is 0.407 e. The molecular weight excluding hydrogens is 689 g/mol. The molecule has 2 atom stereocenters.